The summed E-state index contributed by atoms with van der Waals surface area (Å²) >= 11 is 0. The highest BCUT2D eigenvalue weighted by molar-refractivity contribution is 7.74. The van der Waals surface area contributed by atoms with Crippen LogP contribution in [-0.4, -0.2) is 33.6 Å². The lowest BCUT2D eigenvalue weighted by molar-refractivity contribution is 0.0963. The second kappa shape index (κ2) is 7.67. The summed E-state index contributed by atoms with van der Waals surface area (Å²) in [6.45, 7) is 1.97. The Labute approximate surface area is 157 Å². The van der Waals surface area contributed by atoms with Crippen molar-refractivity contribution in [1.82, 2.24) is 10.5 Å². The van der Waals surface area contributed by atoms with E-state index >= 15 is 0 Å². The zero-order chi connectivity index (χ0) is 19.6. The van der Waals surface area contributed by atoms with Crippen LogP contribution in [0.3, 0.4) is 0 Å². The van der Waals surface area contributed by atoms with E-state index < -0.39 is 10.9 Å². The van der Waals surface area contributed by atoms with Crippen molar-refractivity contribution >= 4 is 39.3 Å². The predicted molar refractivity (Wildman–Crippen MR) is 102 cm³/mol. The van der Waals surface area contributed by atoms with E-state index in [-0.39, 0.29) is 11.7 Å². The zero-order valence-corrected chi connectivity index (χ0v) is 15.9. The van der Waals surface area contributed by atoms with Crippen molar-refractivity contribution in [2.75, 3.05) is 18.5 Å². The fourth-order valence-electron chi connectivity index (χ4n) is 2.76. The molecular weight excluding hydrogens is 370 g/mol. The van der Waals surface area contributed by atoms with Crippen molar-refractivity contribution in [1.29, 1.82) is 0 Å². The van der Waals surface area contributed by atoms with Gasteiger partial charge in [0.15, 0.2) is 11.4 Å². The largest absolute Gasteiger partial charge is 0.495 e. The molecule has 0 radical (unpaired) electrons. The van der Waals surface area contributed by atoms with Gasteiger partial charge in [-0.05, 0) is 42.3 Å². The minimum Gasteiger partial charge on any atom is -0.495 e. The molecule has 0 aliphatic rings. The first-order chi connectivity index (χ1) is 13.0. The van der Waals surface area contributed by atoms with Crippen LogP contribution in [0.4, 0.5) is 11.5 Å². The molecule has 0 unspecified atom stereocenters. The molecule has 0 atom stereocenters. The Hall–Kier alpha value is -3.07. The summed E-state index contributed by atoms with van der Waals surface area (Å²) in [6.07, 6.45) is 0.723. The summed E-state index contributed by atoms with van der Waals surface area (Å²) in [6, 6.07) is 10.00. The van der Waals surface area contributed by atoms with Crippen LogP contribution in [0.15, 0.2) is 40.9 Å². The Morgan fingerprint density at radius 1 is 1.26 bits per heavy atom. The van der Waals surface area contributed by atoms with Crippen LogP contribution in [0.5, 0.6) is 5.75 Å². The standard InChI is InChI=1S/C18H19N3O5S/c1-4-11-5-7-16(25-3)14(9-11)21(27(23)24)17-13-10-12(18(22)19-2)6-8-15(13)26-20-17/h5-10,27H,4H2,1-3H3,(H,19,22). The summed E-state index contributed by atoms with van der Waals surface area (Å²) in [5.74, 6) is 0.149. The molecule has 2 aromatic carbocycles. The third-order valence-electron chi connectivity index (χ3n) is 4.18. The summed E-state index contributed by atoms with van der Waals surface area (Å²) in [7, 11) is -0.121. The Bertz CT molecular complexity index is 1070. The van der Waals surface area contributed by atoms with Crippen molar-refractivity contribution in [3.05, 3.63) is 47.5 Å². The van der Waals surface area contributed by atoms with Gasteiger partial charge in [-0.25, -0.2) is 12.7 Å². The minimum atomic E-state index is -3.10. The molecule has 9 heteroatoms. The van der Waals surface area contributed by atoms with Gasteiger partial charge in [-0.2, -0.15) is 0 Å². The fourth-order valence-corrected chi connectivity index (χ4v) is 3.40. The molecule has 0 fully saturated rings. The fraction of sp³-hybridized carbons (Fsp3) is 0.222. The number of ether oxygens (including phenoxy) is 1. The van der Waals surface area contributed by atoms with Crippen LogP contribution in [0.2, 0.25) is 0 Å². The lowest BCUT2D eigenvalue weighted by Crippen LogP contribution is -2.18. The predicted octanol–water partition coefficient (Wildman–Crippen LogP) is 2.42. The molecule has 1 aromatic heterocycles. The zero-order valence-electron chi connectivity index (χ0n) is 15.1. The molecule has 8 nitrogen and oxygen atoms in total. The lowest BCUT2D eigenvalue weighted by Gasteiger charge is -2.18. The van der Waals surface area contributed by atoms with E-state index in [2.05, 4.69) is 10.5 Å². The van der Waals surface area contributed by atoms with Gasteiger partial charge >= 0.3 is 0 Å². The smallest absolute Gasteiger partial charge is 0.251 e. The SMILES string of the molecule is CCc1ccc(OC)c(N(c2noc3ccc(C(=O)NC)cc23)[SH](=O)=O)c1. The average molecular weight is 389 g/mol. The Morgan fingerprint density at radius 3 is 2.67 bits per heavy atom. The van der Waals surface area contributed by atoms with Gasteiger partial charge in [0.1, 0.15) is 11.4 Å². The number of benzene rings is 2. The first-order valence-corrected chi connectivity index (χ1v) is 9.36. The lowest BCUT2D eigenvalue weighted by atomic mass is 10.1. The second-order valence-electron chi connectivity index (χ2n) is 5.71. The Kier molecular flexibility index (Phi) is 5.31. The van der Waals surface area contributed by atoms with E-state index in [1.807, 2.05) is 13.0 Å². The Morgan fingerprint density at radius 2 is 2.04 bits per heavy atom. The number of nitrogens with one attached hydrogen (secondary N) is 1. The topological polar surface area (TPSA) is 102 Å². The number of fused-ring (bicyclic) bond motifs is 1. The minimum absolute atomic E-state index is 0.0680. The van der Waals surface area contributed by atoms with Crippen molar-refractivity contribution in [2.45, 2.75) is 13.3 Å². The van der Waals surface area contributed by atoms with Crippen molar-refractivity contribution < 1.29 is 22.5 Å². The number of rotatable bonds is 6. The van der Waals surface area contributed by atoms with E-state index in [9.17, 15) is 13.2 Å². The molecule has 3 rings (SSSR count). The molecule has 1 heterocycles. The molecule has 142 valence electrons. The van der Waals surface area contributed by atoms with Crippen LogP contribution in [0.1, 0.15) is 22.8 Å². The maximum absolute atomic E-state index is 12.1. The highest BCUT2D eigenvalue weighted by Crippen LogP contribution is 2.38. The number of anilines is 2. The summed E-state index contributed by atoms with van der Waals surface area (Å²) in [4.78, 5) is 11.9. The number of amides is 1. The van der Waals surface area contributed by atoms with E-state index in [0.29, 0.717) is 28.0 Å². The van der Waals surface area contributed by atoms with Crippen LogP contribution < -0.4 is 14.4 Å². The highest BCUT2D eigenvalue weighted by atomic mass is 32.2. The van der Waals surface area contributed by atoms with E-state index in [0.717, 1.165) is 16.3 Å². The number of thiol groups is 1. The van der Waals surface area contributed by atoms with Gasteiger partial charge in [0.25, 0.3) is 5.91 Å². The maximum Gasteiger partial charge on any atom is 0.251 e. The number of carbonyl (C=O) groups is 1. The molecule has 1 N–H and O–H groups in total. The van der Waals surface area contributed by atoms with Crippen molar-refractivity contribution in [3.8, 4) is 5.75 Å². The van der Waals surface area contributed by atoms with Gasteiger partial charge in [-0.1, -0.05) is 18.1 Å². The quantitative estimate of drug-likeness (QED) is 0.628. The van der Waals surface area contributed by atoms with Gasteiger partial charge < -0.3 is 14.6 Å². The number of nitrogens with zero attached hydrogens (tertiary/aromatic N) is 2. The molecule has 3 aromatic rings. The normalized spacial score (nSPS) is 11.0. The monoisotopic (exact) mass is 389 g/mol. The third-order valence-corrected chi connectivity index (χ3v) is 4.92. The van der Waals surface area contributed by atoms with Crippen molar-refractivity contribution in [3.63, 3.8) is 0 Å². The first-order valence-electron chi connectivity index (χ1n) is 8.23. The van der Waals surface area contributed by atoms with E-state index in [4.69, 9.17) is 9.26 Å². The van der Waals surface area contributed by atoms with E-state index in [1.54, 1.807) is 30.3 Å². The van der Waals surface area contributed by atoms with Gasteiger partial charge in [0.2, 0.25) is 10.9 Å². The van der Waals surface area contributed by atoms with Gasteiger partial charge in [-0.15, -0.1) is 0 Å². The second-order valence-corrected chi connectivity index (χ2v) is 6.58. The summed E-state index contributed by atoms with van der Waals surface area (Å²) < 4.78 is 35.9. The third kappa shape index (κ3) is 3.45. The summed E-state index contributed by atoms with van der Waals surface area (Å²) in [5, 5.41) is 6.86. The van der Waals surface area contributed by atoms with Gasteiger partial charge in [0, 0.05) is 12.6 Å². The van der Waals surface area contributed by atoms with Crippen LogP contribution >= 0.6 is 0 Å². The highest BCUT2D eigenvalue weighted by Gasteiger charge is 2.24. The Balaban J connectivity index is 2.24. The molecule has 27 heavy (non-hydrogen) atoms. The van der Waals surface area contributed by atoms with Crippen LogP contribution in [0, 0.1) is 0 Å². The number of hydrogen-bond donors (Lipinski definition) is 2. The van der Waals surface area contributed by atoms with E-state index in [1.165, 1.54) is 14.2 Å². The molecule has 0 saturated carbocycles. The molecule has 0 bridgehead atoms. The number of methoxy groups -OCH3 is 1. The maximum atomic E-state index is 12.1. The van der Waals surface area contributed by atoms with Crippen LogP contribution in [-0.2, 0) is 17.3 Å². The first kappa shape index (κ1) is 18.7. The van der Waals surface area contributed by atoms with Gasteiger partial charge in [0.05, 0.1) is 12.5 Å². The molecule has 0 spiro atoms. The molecule has 1 amide bonds. The number of aromatic nitrogens is 1. The average Bonchev–Trinajstić information content (AvgIpc) is 3.10. The van der Waals surface area contributed by atoms with Crippen LogP contribution in [0.25, 0.3) is 11.0 Å². The number of aryl methyl sites for hydroxylation is 1. The molecule has 0 saturated heterocycles. The molecule has 0 aliphatic carbocycles. The molecular formula is C18H19N3O5S. The number of hydrogen-bond acceptors (Lipinski definition) is 6. The summed E-state index contributed by atoms with van der Waals surface area (Å²) in [5.41, 5.74) is 2.00. The molecule has 0 aliphatic heterocycles. The number of carbonyl (C=O) groups excluding carboxylic acids is 1. The van der Waals surface area contributed by atoms with Crippen molar-refractivity contribution in [2.24, 2.45) is 0 Å². The van der Waals surface area contributed by atoms with Gasteiger partial charge in [-0.3, -0.25) is 4.79 Å².